The Labute approximate surface area is 197 Å². The van der Waals surface area contributed by atoms with Crippen molar-refractivity contribution in [2.45, 2.75) is 19.5 Å². The molecule has 0 aliphatic rings. The van der Waals surface area contributed by atoms with Crippen LogP contribution in [-0.2, 0) is 13.1 Å². The summed E-state index contributed by atoms with van der Waals surface area (Å²) in [6, 6.07) is 23.4. The Kier molecular flexibility index (Phi) is 7.66. The van der Waals surface area contributed by atoms with Gasteiger partial charge in [-0.25, -0.2) is 9.97 Å². The Balaban J connectivity index is 1.57. The normalized spacial score (nSPS) is 11.5. The molecule has 3 aromatic carbocycles. The minimum atomic E-state index is 0.711. The maximum Gasteiger partial charge on any atom is 0.145 e. The molecule has 0 aliphatic heterocycles. The number of rotatable bonds is 10. The number of nitrogens with one attached hydrogen (secondary N) is 2. The topological polar surface area (TPSA) is 53.1 Å². The van der Waals surface area contributed by atoms with Gasteiger partial charge in [-0.1, -0.05) is 77.2 Å². The molecule has 0 saturated heterocycles. The molecule has 0 atom stereocenters. The summed E-state index contributed by atoms with van der Waals surface area (Å²) in [4.78, 5) is 12.2. The number of benzene rings is 3. The summed E-state index contributed by atoms with van der Waals surface area (Å²) >= 11 is 2.43. The van der Waals surface area contributed by atoms with Crippen molar-refractivity contribution >= 4 is 50.1 Å². The first kappa shape index (κ1) is 21.9. The van der Waals surface area contributed by atoms with Gasteiger partial charge in [-0.3, -0.25) is 4.90 Å². The molecular formula is C25H28IN5. The molecule has 0 bridgehead atoms. The number of anilines is 1. The number of hydrogen-bond acceptors (Lipinski definition) is 5. The van der Waals surface area contributed by atoms with Crippen LogP contribution < -0.4 is 10.6 Å². The van der Waals surface area contributed by atoms with Crippen molar-refractivity contribution in [1.29, 1.82) is 0 Å². The lowest BCUT2D eigenvalue weighted by Gasteiger charge is -2.20. The molecule has 5 nitrogen and oxygen atoms in total. The van der Waals surface area contributed by atoms with Gasteiger partial charge in [-0.2, -0.15) is 0 Å². The maximum absolute atomic E-state index is 4.90. The van der Waals surface area contributed by atoms with E-state index in [4.69, 9.17) is 9.97 Å². The van der Waals surface area contributed by atoms with Crippen LogP contribution in [-0.4, -0.2) is 39.6 Å². The van der Waals surface area contributed by atoms with Crippen LogP contribution in [0.25, 0.3) is 21.7 Å². The molecular weight excluding hydrogens is 497 g/mol. The van der Waals surface area contributed by atoms with Gasteiger partial charge in [0.2, 0.25) is 0 Å². The number of halogens is 1. The van der Waals surface area contributed by atoms with E-state index in [1.807, 2.05) is 19.2 Å². The van der Waals surface area contributed by atoms with Gasteiger partial charge >= 0.3 is 0 Å². The summed E-state index contributed by atoms with van der Waals surface area (Å²) in [5, 5.41) is 10.4. The zero-order valence-corrected chi connectivity index (χ0v) is 20.0. The van der Waals surface area contributed by atoms with Gasteiger partial charge < -0.3 is 10.6 Å². The van der Waals surface area contributed by atoms with Crippen LogP contribution in [0.3, 0.4) is 0 Å². The van der Waals surface area contributed by atoms with Crippen LogP contribution in [0.15, 0.2) is 66.7 Å². The quantitative estimate of drug-likeness (QED) is 0.129. The minimum Gasteiger partial charge on any atom is -0.369 e. The van der Waals surface area contributed by atoms with Gasteiger partial charge in [0.1, 0.15) is 11.6 Å². The Hall–Kier alpha value is -2.29. The fraction of sp³-hybridized carbons (Fsp3) is 0.280. The predicted molar refractivity (Wildman–Crippen MR) is 139 cm³/mol. The largest absolute Gasteiger partial charge is 0.369 e. The van der Waals surface area contributed by atoms with Gasteiger partial charge in [0, 0.05) is 18.5 Å². The summed E-state index contributed by atoms with van der Waals surface area (Å²) in [7, 11) is 1.98. The van der Waals surface area contributed by atoms with Crippen LogP contribution in [0, 0.1) is 0 Å². The summed E-state index contributed by atoms with van der Waals surface area (Å²) in [5.41, 5.74) is 2.32. The fourth-order valence-electron chi connectivity index (χ4n) is 3.81. The van der Waals surface area contributed by atoms with E-state index in [1.54, 1.807) is 0 Å². The average Bonchev–Trinajstić information content (AvgIpc) is 2.81. The molecule has 0 unspecified atom stereocenters. The second-order valence-electron chi connectivity index (χ2n) is 7.63. The number of fused-ring (bicyclic) bond motifs is 2. The van der Waals surface area contributed by atoms with Gasteiger partial charge in [0.25, 0.3) is 0 Å². The Morgan fingerprint density at radius 2 is 1.61 bits per heavy atom. The van der Waals surface area contributed by atoms with Crippen molar-refractivity contribution in [3.63, 3.8) is 0 Å². The van der Waals surface area contributed by atoms with Crippen molar-refractivity contribution in [3.8, 4) is 0 Å². The molecule has 6 heteroatoms. The number of nitrogens with zero attached hydrogens (tertiary/aromatic N) is 3. The highest BCUT2D eigenvalue weighted by Crippen LogP contribution is 2.23. The highest BCUT2D eigenvalue weighted by molar-refractivity contribution is 14.1. The minimum absolute atomic E-state index is 0.711. The van der Waals surface area contributed by atoms with Gasteiger partial charge in [0.05, 0.1) is 16.6 Å². The van der Waals surface area contributed by atoms with E-state index in [1.165, 1.54) is 16.3 Å². The van der Waals surface area contributed by atoms with Crippen LogP contribution in [0.5, 0.6) is 0 Å². The van der Waals surface area contributed by atoms with Crippen molar-refractivity contribution < 1.29 is 0 Å². The van der Waals surface area contributed by atoms with E-state index in [2.05, 4.69) is 92.7 Å². The summed E-state index contributed by atoms with van der Waals surface area (Å²) in [6.07, 6.45) is 1.05. The summed E-state index contributed by atoms with van der Waals surface area (Å²) < 4.78 is 0.905. The standard InChI is InChI=1S/C25H28IN5/c1-27-14-7-15-28-25-22-12-4-5-13-23(22)29-24(30-25)17-31(18-26)16-20-10-6-9-19-8-2-3-11-21(19)20/h2-6,8-13,27H,7,14-18H2,1H3,(H,28,29,30). The Morgan fingerprint density at radius 3 is 2.45 bits per heavy atom. The number of aromatic nitrogens is 2. The van der Waals surface area contributed by atoms with Crippen LogP contribution >= 0.6 is 22.6 Å². The van der Waals surface area contributed by atoms with E-state index in [0.717, 1.165) is 53.2 Å². The molecule has 0 radical (unpaired) electrons. The molecule has 0 saturated carbocycles. The van der Waals surface area contributed by atoms with E-state index in [9.17, 15) is 0 Å². The van der Waals surface area contributed by atoms with Gasteiger partial charge in [0.15, 0.2) is 0 Å². The van der Waals surface area contributed by atoms with E-state index in [-0.39, 0.29) is 0 Å². The molecule has 4 rings (SSSR count). The molecule has 0 fully saturated rings. The molecule has 31 heavy (non-hydrogen) atoms. The second-order valence-corrected chi connectivity index (χ2v) is 8.32. The van der Waals surface area contributed by atoms with Crippen LogP contribution in [0.4, 0.5) is 5.82 Å². The third-order valence-corrected chi connectivity index (χ3v) is 6.32. The molecule has 0 aliphatic carbocycles. The number of alkyl halides is 1. The van der Waals surface area contributed by atoms with Gasteiger partial charge in [-0.15, -0.1) is 0 Å². The maximum atomic E-state index is 4.90. The van der Waals surface area contributed by atoms with E-state index >= 15 is 0 Å². The van der Waals surface area contributed by atoms with Gasteiger partial charge in [-0.05, 0) is 48.5 Å². The van der Waals surface area contributed by atoms with Crippen LogP contribution in [0.1, 0.15) is 17.8 Å². The Morgan fingerprint density at radius 1 is 0.839 bits per heavy atom. The lowest BCUT2D eigenvalue weighted by Crippen LogP contribution is -2.23. The van der Waals surface area contributed by atoms with Crippen molar-refractivity contribution in [3.05, 3.63) is 78.1 Å². The molecule has 1 aromatic heterocycles. The Bertz CT molecular complexity index is 1140. The monoisotopic (exact) mass is 525 g/mol. The third kappa shape index (κ3) is 5.50. The van der Waals surface area contributed by atoms with E-state index < -0.39 is 0 Å². The second kappa shape index (κ2) is 10.8. The summed E-state index contributed by atoms with van der Waals surface area (Å²) in [6.45, 7) is 3.44. The molecule has 160 valence electrons. The average molecular weight is 525 g/mol. The van der Waals surface area contributed by atoms with Crippen molar-refractivity contribution in [2.24, 2.45) is 0 Å². The van der Waals surface area contributed by atoms with Crippen molar-refractivity contribution in [2.75, 3.05) is 30.0 Å². The molecule has 2 N–H and O–H groups in total. The highest BCUT2D eigenvalue weighted by Gasteiger charge is 2.13. The number of hydrogen-bond donors (Lipinski definition) is 2. The van der Waals surface area contributed by atoms with Crippen LogP contribution in [0.2, 0.25) is 0 Å². The smallest absolute Gasteiger partial charge is 0.145 e. The first-order valence-electron chi connectivity index (χ1n) is 10.7. The fourth-order valence-corrected chi connectivity index (χ4v) is 4.30. The molecule has 4 aromatic rings. The lowest BCUT2D eigenvalue weighted by molar-refractivity contribution is 0.306. The SMILES string of the molecule is CNCCCNc1nc(CN(CI)Cc2cccc3ccccc23)nc2ccccc12. The predicted octanol–water partition coefficient (Wildman–Crippen LogP) is 5.20. The van der Waals surface area contributed by atoms with E-state index in [0.29, 0.717) is 6.54 Å². The zero-order chi connectivity index (χ0) is 21.5. The first-order chi connectivity index (χ1) is 15.3. The summed E-state index contributed by atoms with van der Waals surface area (Å²) in [5.74, 6) is 1.78. The lowest BCUT2D eigenvalue weighted by atomic mass is 10.0. The molecule has 0 spiro atoms. The number of para-hydroxylation sites is 1. The zero-order valence-electron chi connectivity index (χ0n) is 17.8. The first-order valence-corrected chi connectivity index (χ1v) is 12.2. The van der Waals surface area contributed by atoms with Crippen molar-refractivity contribution in [1.82, 2.24) is 20.2 Å². The molecule has 1 heterocycles. The highest BCUT2D eigenvalue weighted by atomic mass is 127. The third-order valence-electron chi connectivity index (χ3n) is 5.35. The molecule has 0 amide bonds.